The van der Waals surface area contributed by atoms with E-state index in [9.17, 15) is 4.79 Å². The molecule has 0 radical (unpaired) electrons. The molecule has 0 bridgehead atoms. The van der Waals surface area contributed by atoms with Gasteiger partial charge in [-0.3, -0.25) is 9.78 Å². The van der Waals surface area contributed by atoms with Crippen LogP contribution in [0.3, 0.4) is 0 Å². The molecule has 0 aromatic carbocycles. The summed E-state index contributed by atoms with van der Waals surface area (Å²) in [5, 5.41) is 2.69. The molecule has 0 aliphatic rings. The van der Waals surface area contributed by atoms with Crippen molar-refractivity contribution in [3.8, 4) is 11.8 Å². The normalized spacial score (nSPS) is 9.32. The van der Waals surface area contributed by atoms with Gasteiger partial charge < -0.3 is 11.1 Å². The smallest absolute Gasteiger partial charge is 0.258 e. The molecule has 1 amide bonds. The summed E-state index contributed by atoms with van der Waals surface area (Å²) in [6, 6.07) is 8.60. The van der Waals surface area contributed by atoms with E-state index in [1.807, 2.05) is 0 Å². The van der Waals surface area contributed by atoms with Crippen molar-refractivity contribution in [1.29, 1.82) is 0 Å². The van der Waals surface area contributed by atoms with Crippen LogP contribution in [0.15, 0.2) is 42.7 Å². The van der Waals surface area contributed by atoms with Gasteiger partial charge in [-0.05, 0) is 30.2 Å². The van der Waals surface area contributed by atoms with Crippen molar-refractivity contribution in [2.45, 2.75) is 0 Å². The molecule has 0 unspecified atom stereocenters. The molecule has 0 spiro atoms. The zero-order valence-corrected chi connectivity index (χ0v) is 10.1. The monoisotopic (exact) mass is 252 g/mol. The number of hydrogen-bond acceptors (Lipinski definition) is 4. The fourth-order valence-corrected chi connectivity index (χ4v) is 1.40. The second-order valence-electron chi connectivity index (χ2n) is 3.61. The van der Waals surface area contributed by atoms with Crippen LogP contribution in [0, 0.1) is 11.8 Å². The van der Waals surface area contributed by atoms with E-state index in [4.69, 9.17) is 5.73 Å². The number of anilines is 1. The first-order valence-electron chi connectivity index (χ1n) is 5.67. The van der Waals surface area contributed by atoms with Crippen molar-refractivity contribution in [1.82, 2.24) is 9.97 Å². The molecule has 19 heavy (non-hydrogen) atoms. The molecule has 94 valence electrons. The molecule has 3 N–H and O–H groups in total. The van der Waals surface area contributed by atoms with Crippen LogP contribution in [0.5, 0.6) is 0 Å². The summed E-state index contributed by atoms with van der Waals surface area (Å²) in [6.45, 7) is 0.272. The Morgan fingerprint density at radius 3 is 2.95 bits per heavy atom. The highest BCUT2D eigenvalue weighted by atomic mass is 16.1. The van der Waals surface area contributed by atoms with E-state index in [0.717, 1.165) is 0 Å². The predicted octanol–water partition coefficient (Wildman–Crippen LogP) is 1.04. The van der Waals surface area contributed by atoms with Crippen LogP contribution in [0.1, 0.15) is 16.1 Å². The van der Waals surface area contributed by atoms with Gasteiger partial charge in [0, 0.05) is 12.4 Å². The van der Waals surface area contributed by atoms with E-state index in [1.54, 1.807) is 36.5 Å². The summed E-state index contributed by atoms with van der Waals surface area (Å²) in [5.74, 6) is 5.70. The van der Waals surface area contributed by atoms with Crippen molar-refractivity contribution in [2.24, 2.45) is 5.73 Å². The van der Waals surface area contributed by atoms with Crippen molar-refractivity contribution < 1.29 is 4.79 Å². The quantitative estimate of drug-likeness (QED) is 0.782. The van der Waals surface area contributed by atoms with Crippen molar-refractivity contribution in [3.05, 3.63) is 54.0 Å². The van der Waals surface area contributed by atoms with Gasteiger partial charge in [-0.25, -0.2) is 4.98 Å². The molecule has 0 saturated heterocycles. The summed E-state index contributed by atoms with van der Waals surface area (Å²) >= 11 is 0. The summed E-state index contributed by atoms with van der Waals surface area (Å²) in [6.07, 6.45) is 3.10. The fraction of sp³-hybridized carbons (Fsp3) is 0.0714. The standard InChI is InChI=1S/C14H12N4O/c15-8-2-6-12-5-1-7-13(17-12)18-14(19)11-4-3-9-16-10-11/h1,3-5,7,9-10H,8,15H2,(H,17,18,19). The predicted molar refractivity (Wildman–Crippen MR) is 72.4 cm³/mol. The second-order valence-corrected chi connectivity index (χ2v) is 3.61. The van der Waals surface area contributed by atoms with E-state index >= 15 is 0 Å². The molecule has 0 saturated carbocycles. The summed E-state index contributed by atoms with van der Waals surface area (Å²) in [4.78, 5) is 20.0. The number of nitrogens with one attached hydrogen (secondary N) is 1. The van der Waals surface area contributed by atoms with Crippen LogP contribution in [-0.4, -0.2) is 22.4 Å². The minimum atomic E-state index is -0.260. The first-order valence-corrected chi connectivity index (χ1v) is 5.67. The zero-order chi connectivity index (χ0) is 13.5. The van der Waals surface area contributed by atoms with Crippen LogP contribution >= 0.6 is 0 Å². The SMILES string of the molecule is NCC#Cc1cccc(NC(=O)c2cccnc2)n1. The van der Waals surface area contributed by atoms with E-state index in [-0.39, 0.29) is 12.5 Å². The Morgan fingerprint density at radius 2 is 2.21 bits per heavy atom. The summed E-state index contributed by atoms with van der Waals surface area (Å²) in [5.41, 5.74) is 6.33. The van der Waals surface area contributed by atoms with E-state index in [1.165, 1.54) is 6.20 Å². The number of hydrogen-bond donors (Lipinski definition) is 2. The summed E-state index contributed by atoms with van der Waals surface area (Å²) in [7, 11) is 0. The topological polar surface area (TPSA) is 80.9 Å². The van der Waals surface area contributed by atoms with Crippen molar-refractivity contribution >= 4 is 11.7 Å². The maximum absolute atomic E-state index is 11.9. The third kappa shape index (κ3) is 3.63. The van der Waals surface area contributed by atoms with Crippen molar-refractivity contribution in [3.63, 3.8) is 0 Å². The highest BCUT2D eigenvalue weighted by molar-refractivity contribution is 6.03. The molecule has 0 fully saturated rings. The number of nitrogens with zero attached hydrogens (tertiary/aromatic N) is 2. The minimum absolute atomic E-state index is 0.260. The number of carbonyl (C=O) groups is 1. The third-order valence-corrected chi connectivity index (χ3v) is 2.23. The molecule has 0 atom stereocenters. The van der Waals surface area contributed by atoms with Crippen LogP contribution < -0.4 is 11.1 Å². The van der Waals surface area contributed by atoms with Gasteiger partial charge in [0.05, 0.1) is 12.1 Å². The lowest BCUT2D eigenvalue weighted by Gasteiger charge is -2.04. The largest absolute Gasteiger partial charge is 0.320 e. The van der Waals surface area contributed by atoms with Gasteiger partial charge in [-0.15, -0.1) is 0 Å². The molecule has 0 aliphatic heterocycles. The molecule has 2 aromatic heterocycles. The minimum Gasteiger partial charge on any atom is -0.320 e. The number of pyridine rings is 2. The Labute approximate surface area is 110 Å². The Hall–Kier alpha value is -2.71. The van der Waals surface area contributed by atoms with Gasteiger partial charge in [-0.2, -0.15) is 0 Å². The maximum Gasteiger partial charge on any atom is 0.258 e. The molecule has 5 nitrogen and oxygen atoms in total. The fourth-order valence-electron chi connectivity index (χ4n) is 1.40. The van der Waals surface area contributed by atoms with Gasteiger partial charge in [0.25, 0.3) is 5.91 Å². The van der Waals surface area contributed by atoms with Gasteiger partial charge in [-0.1, -0.05) is 12.0 Å². The maximum atomic E-state index is 11.9. The lowest BCUT2D eigenvalue weighted by molar-refractivity contribution is 0.102. The molecule has 2 rings (SSSR count). The van der Waals surface area contributed by atoms with Crippen molar-refractivity contribution in [2.75, 3.05) is 11.9 Å². The highest BCUT2D eigenvalue weighted by Gasteiger charge is 2.06. The van der Waals surface area contributed by atoms with E-state index < -0.39 is 0 Å². The van der Waals surface area contributed by atoms with E-state index in [2.05, 4.69) is 27.1 Å². The van der Waals surface area contributed by atoms with Gasteiger partial charge >= 0.3 is 0 Å². The van der Waals surface area contributed by atoms with Crippen LogP contribution in [0.2, 0.25) is 0 Å². The third-order valence-electron chi connectivity index (χ3n) is 2.23. The first-order chi connectivity index (χ1) is 9.29. The molecular weight excluding hydrogens is 240 g/mol. The summed E-state index contributed by atoms with van der Waals surface area (Å²) < 4.78 is 0. The molecular formula is C14H12N4O. The van der Waals surface area contributed by atoms with Gasteiger partial charge in [0.2, 0.25) is 0 Å². The Balaban J connectivity index is 2.13. The lowest BCUT2D eigenvalue weighted by atomic mass is 10.2. The lowest BCUT2D eigenvalue weighted by Crippen LogP contribution is -2.13. The Bertz CT molecular complexity index is 629. The van der Waals surface area contributed by atoms with Crippen LogP contribution in [-0.2, 0) is 0 Å². The van der Waals surface area contributed by atoms with Gasteiger partial charge in [0.1, 0.15) is 11.5 Å². The average molecular weight is 252 g/mol. The van der Waals surface area contributed by atoms with Crippen LogP contribution in [0.4, 0.5) is 5.82 Å². The Kier molecular flexibility index (Phi) is 4.21. The number of rotatable bonds is 2. The second kappa shape index (κ2) is 6.28. The molecule has 2 heterocycles. The molecule has 5 heteroatoms. The average Bonchev–Trinajstić information content (AvgIpc) is 2.46. The first kappa shape index (κ1) is 12.7. The molecule has 0 aliphatic carbocycles. The van der Waals surface area contributed by atoms with E-state index in [0.29, 0.717) is 17.1 Å². The van der Waals surface area contributed by atoms with Gasteiger partial charge in [0.15, 0.2) is 0 Å². The number of nitrogens with two attached hydrogens (primary N) is 1. The number of amides is 1. The zero-order valence-electron chi connectivity index (χ0n) is 10.1. The highest BCUT2D eigenvalue weighted by Crippen LogP contribution is 2.06. The number of aromatic nitrogens is 2. The Morgan fingerprint density at radius 1 is 1.32 bits per heavy atom. The number of carbonyl (C=O) groups excluding carboxylic acids is 1. The van der Waals surface area contributed by atoms with Crippen LogP contribution in [0.25, 0.3) is 0 Å². The molecule has 2 aromatic rings.